The molecule has 1 saturated heterocycles. The van der Waals surface area contributed by atoms with Crippen LogP contribution in [0.3, 0.4) is 0 Å². The van der Waals surface area contributed by atoms with E-state index in [0.717, 1.165) is 25.1 Å². The molecule has 1 aliphatic rings. The van der Waals surface area contributed by atoms with Crippen molar-refractivity contribution < 1.29 is 14.6 Å². The summed E-state index contributed by atoms with van der Waals surface area (Å²) in [6.07, 6.45) is 1.40. The summed E-state index contributed by atoms with van der Waals surface area (Å²) in [4.78, 5) is 11.4. The van der Waals surface area contributed by atoms with E-state index in [0.29, 0.717) is 23.4 Å². The van der Waals surface area contributed by atoms with E-state index in [2.05, 4.69) is 12.2 Å². The number of ether oxygens (including phenoxy) is 1. The first kappa shape index (κ1) is 12.5. The van der Waals surface area contributed by atoms with Gasteiger partial charge >= 0.3 is 5.97 Å². The maximum absolute atomic E-state index is 10.9. The third-order valence-electron chi connectivity index (χ3n) is 3.20. The molecule has 0 aromatic carbocycles. The molecular formula is C12H17NO3S. The highest BCUT2D eigenvalue weighted by Crippen LogP contribution is 2.20. The standard InChI is InChI=1S/C12H17NO3S/c1-8-9(2-4-16-8)6-13-7-10-3-5-17-11(10)12(14)15/h3,5,8-9,13H,2,4,6-7H2,1H3,(H,14,15). The first-order valence-electron chi connectivity index (χ1n) is 5.80. The second-order valence-corrected chi connectivity index (χ2v) is 5.25. The Hall–Kier alpha value is -0.910. The Bertz CT molecular complexity index is 391. The maximum atomic E-state index is 10.9. The van der Waals surface area contributed by atoms with E-state index in [1.807, 2.05) is 11.4 Å². The van der Waals surface area contributed by atoms with Crippen molar-refractivity contribution in [2.24, 2.45) is 5.92 Å². The Labute approximate surface area is 105 Å². The zero-order chi connectivity index (χ0) is 12.3. The second kappa shape index (κ2) is 5.62. The molecule has 0 radical (unpaired) electrons. The second-order valence-electron chi connectivity index (χ2n) is 4.34. The molecule has 0 saturated carbocycles. The molecule has 17 heavy (non-hydrogen) atoms. The molecular weight excluding hydrogens is 238 g/mol. The third-order valence-corrected chi connectivity index (χ3v) is 4.14. The topological polar surface area (TPSA) is 58.6 Å². The molecule has 1 aliphatic heterocycles. The summed E-state index contributed by atoms with van der Waals surface area (Å²) in [5.74, 6) is -0.295. The van der Waals surface area contributed by atoms with Gasteiger partial charge in [-0.15, -0.1) is 11.3 Å². The van der Waals surface area contributed by atoms with Crippen molar-refractivity contribution in [3.63, 3.8) is 0 Å². The van der Waals surface area contributed by atoms with E-state index in [9.17, 15) is 4.79 Å². The van der Waals surface area contributed by atoms with E-state index in [4.69, 9.17) is 9.84 Å². The van der Waals surface area contributed by atoms with Crippen LogP contribution in [-0.4, -0.2) is 30.3 Å². The minimum Gasteiger partial charge on any atom is -0.477 e. The molecule has 0 amide bonds. The molecule has 2 N–H and O–H groups in total. The summed E-state index contributed by atoms with van der Waals surface area (Å²) < 4.78 is 5.48. The molecule has 2 unspecified atom stereocenters. The van der Waals surface area contributed by atoms with Crippen LogP contribution in [0, 0.1) is 5.92 Å². The molecule has 0 spiro atoms. The predicted molar refractivity (Wildman–Crippen MR) is 66.5 cm³/mol. The lowest BCUT2D eigenvalue weighted by atomic mass is 10.0. The van der Waals surface area contributed by atoms with Gasteiger partial charge in [0.2, 0.25) is 0 Å². The van der Waals surface area contributed by atoms with Crippen LogP contribution in [0.1, 0.15) is 28.6 Å². The fourth-order valence-electron chi connectivity index (χ4n) is 2.10. The van der Waals surface area contributed by atoms with Crippen molar-refractivity contribution in [3.05, 3.63) is 21.9 Å². The predicted octanol–water partition coefficient (Wildman–Crippen LogP) is 1.96. The van der Waals surface area contributed by atoms with E-state index in [1.165, 1.54) is 11.3 Å². The van der Waals surface area contributed by atoms with Crippen LogP contribution in [0.2, 0.25) is 0 Å². The Kier molecular flexibility index (Phi) is 4.15. The first-order valence-corrected chi connectivity index (χ1v) is 6.68. The number of hydrogen-bond acceptors (Lipinski definition) is 4. The number of hydrogen-bond donors (Lipinski definition) is 2. The molecule has 5 heteroatoms. The van der Waals surface area contributed by atoms with Crippen molar-refractivity contribution in [3.8, 4) is 0 Å². The van der Waals surface area contributed by atoms with Crippen LogP contribution in [0.15, 0.2) is 11.4 Å². The number of aromatic carboxylic acids is 1. The largest absolute Gasteiger partial charge is 0.477 e. The van der Waals surface area contributed by atoms with Crippen LogP contribution >= 0.6 is 11.3 Å². The number of carboxylic acids is 1. The molecule has 1 aromatic rings. The van der Waals surface area contributed by atoms with Crippen LogP contribution in [0.5, 0.6) is 0 Å². The molecule has 94 valence electrons. The van der Waals surface area contributed by atoms with Gasteiger partial charge in [0.1, 0.15) is 4.88 Å². The summed E-state index contributed by atoms with van der Waals surface area (Å²) in [5, 5.41) is 14.1. The number of carbonyl (C=O) groups is 1. The summed E-state index contributed by atoms with van der Waals surface area (Å²) in [5.41, 5.74) is 0.870. The van der Waals surface area contributed by atoms with Gasteiger partial charge in [0.05, 0.1) is 6.10 Å². The fraction of sp³-hybridized carbons (Fsp3) is 0.583. The molecule has 0 aliphatic carbocycles. The van der Waals surface area contributed by atoms with Crippen molar-refractivity contribution in [1.29, 1.82) is 0 Å². The lowest BCUT2D eigenvalue weighted by Gasteiger charge is -2.14. The normalized spacial score (nSPS) is 24.1. The number of rotatable bonds is 5. The van der Waals surface area contributed by atoms with Crippen molar-refractivity contribution >= 4 is 17.3 Å². The highest BCUT2D eigenvalue weighted by molar-refractivity contribution is 7.12. The van der Waals surface area contributed by atoms with Crippen LogP contribution in [-0.2, 0) is 11.3 Å². The highest BCUT2D eigenvalue weighted by atomic mass is 32.1. The first-order chi connectivity index (χ1) is 8.18. The summed E-state index contributed by atoms with van der Waals surface area (Å²) in [6.45, 7) is 4.43. The van der Waals surface area contributed by atoms with Gasteiger partial charge in [-0.1, -0.05) is 0 Å². The van der Waals surface area contributed by atoms with Gasteiger partial charge in [-0.3, -0.25) is 0 Å². The minimum absolute atomic E-state index is 0.309. The molecule has 0 bridgehead atoms. The highest BCUT2D eigenvalue weighted by Gasteiger charge is 2.23. The van der Waals surface area contributed by atoms with E-state index < -0.39 is 5.97 Å². The smallest absolute Gasteiger partial charge is 0.346 e. The van der Waals surface area contributed by atoms with Gasteiger partial charge in [-0.25, -0.2) is 4.79 Å². The average Bonchev–Trinajstić information content (AvgIpc) is 2.88. The Balaban J connectivity index is 1.81. The quantitative estimate of drug-likeness (QED) is 0.844. The molecule has 2 heterocycles. The lowest BCUT2D eigenvalue weighted by Crippen LogP contribution is -2.26. The van der Waals surface area contributed by atoms with Gasteiger partial charge in [0.15, 0.2) is 0 Å². The van der Waals surface area contributed by atoms with Gasteiger partial charge < -0.3 is 15.2 Å². The molecule has 2 rings (SSSR count). The van der Waals surface area contributed by atoms with Gasteiger partial charge in [0, 0.05) is 19.7 Å². The van der Waals surface area contributed by atoms with E-state index >= 15 is 0 Å². The molecule has 1 fully saturated rings. The zero-order valence-electron chi connectivity index (χ0n) is 9.81. The fourth-order valence-corrected chi connectivity index (χ4v) is 2.86. The van der Waals surface area contributed by atoms with Crippen molar-refractivity contribution in [2.45, 2.75) is 26.0 Å². The number of nitrogens with one attached hydrogen (secondary N) is 1. The molecule has 4 nitrogen and oxygen atoms in total. The maximum Gasteiger partial charge on any atom is 0.346 e. The van der Waals surface area contributed by atoms with Crippen molar-refractivity contribution in [1.82, 2.24) is 5.32 Å². The number of carboxylic acid groups (broad SMARTS) is 1. The van der Waals surface area contributed by atoms with E-state index in [1.54, 1.807) is 0 Å². The Morgan fingerprint density at radius 2 is 2.53 bits per heavy atom. The number of thiophene rings is 1. The van der Waals surface area contributed by atoms with E-state index in [-0.39, 0.29) is 0 Å². The van der Waals surface area contributed by atoms with Crippen LogP contribution in [0.25, 0.3) is 0 Å². The van der Waals surface area contributed by atoms with Crippen LogP contribution in [0.4, 0.5) is 0 Å². The minimum atomic E-state index is -0.839. The Morgan fingerprint density at radius 1 is 1.71 bits per heavy atom. The third kappa shape index (κ3) is 3.06. The SMILES string of the molecule is CC1OCCC1CNCc1ccsc1C(=O)O. The monoisotopic (exact) mass is 255 g/mol. The van der Waals surface area contributed by atoms with Crippen LogP contribution < -0.4 is 5.32 Å². The molecule has 2 atom stereocenters. The van der Waals surface area contributed by atoms with Gasteiger partial charge in [-0.05, 0) is 36.3 Å². The average molecular weight is 255 g/mol. The summed E-state index contributed by atoms with van der Waals surface area (Å²) >= 11 is 1.28. The van der Waals surface area contributed by atoms with Gasteiger partial charge in [-0.2, -0.15) is 0 Å². The zero-order valence-corrected chi connectivity index (χ0v) is 10.6. The molecule has 1 aromatic heterocycles. The summed E-state index contributed by atoms with van der Waals surface area (Å²) in [6, 6.07) is 1.87. The van der Waals surface area contributed by atoms with Crippen molar-refractivity contribution in [2.75, 3.05) is 13.2 Å². The Morgan fingerprint density at radius 3 is 3.18 bits per heavy atom. The lowest BCUT2D eigenvalue weighted by molar-refractivity contribution is 0.0700. The summed E-state index contributed by atoms with van der Waals surface area (Å²) in [7, 11) is 0. The van der Waals surface area contributed by atoms with Gasteiger partial charge in [0.25, 0.3) is 0 Å².